The minimum absolute atomic E-state index is 0.514. The van der Waals surface area contributed by atoms with Gasteiger partial charge in [-0.3, -0.25) is 4.68 Å². The number of aromatic nitrogens is 2. The van der Waals surface area contributed by atoms with Crippen molar-refractivity contribution in [3.8, 4) is 11.1 Å². The highest BCUT2D eigenvalue weighted by Gasteiger charge is 2.13. The van der Waals surface area contributed by atoms with Crippen molar-refractivity contribution in [3.05, 3.63) is 41.2 Å². The maximum atomic E-state index is 5.77. The molecule has 2 rings (SSSR count). The average molecular weight is 215 g/mol. The molecule has 0 aliphatic carbocycles. The van der Waals surface area contributed by atoms with Crippen LogP contribution in [0.4, 0.5) is 0 Å². The Morgan fingerprint density at radius 1 is 1.19 bits per heavy atom. The third-order valence-corrected chi connectivity index (χ3v) is 2.87. The topological polar surface area (TPSA) is 43.8 Å². The summed E-state index contributed by atoms with van der Waals surface area (Å²) in [6.45, 7) is 4.62. The summed E-state index contributed by atoms with van der Waals surface area (Å²) < 4.78 is 1.87. The van der Waals surface area contributed by atoms with Crippen molar-refractivity contribution in [1.29, 1.82) is 0 Å². The van der Waals surface area contributed by atoms with Crippen LogP contribution in [0.25, 0.3) is 11.1 Å². The maximum Gasteiger partial charge on any atom is 0.0675 e. The fraction of sp³-hybridized carbons (Fsp3) is 0.308. The Hall–Kier alpha value is -1.61. The summed E-state index contributed by atoms with van der Waals surface area (Å²) in [7, 11) is 1.94. The smallest absolute Gasteiger partial charge is 0.0675 e. The highest BCUT2D eigenvalue weighted by atomic mass is 15.3. The van der Waals surface area contributed by atoms with Crippen molar-refractivity contribution in [2.24, 2.45) is 12.8 Å². The van der Waals surface area contributed by atoms with Crippen LogP contribution in [-0.2, 0) is 13.6 Å². The Labute approximate surface area is 95.9 Å². The van der Waals surface area contributed by atoms with Crippen LogP contribution in [0.1, 0.15) is 17.0 Å². The minimum atomic E-state index is 0.514. The second-order valence-corrected chi connectivity index (χ2v) is 4.10. The molecule has 3 heteroatoms. The molecule has 0 saturated carbocycles. The summed E-state index contributed by atoms with van der Waals surface area (Å²) in [6, 6.07) is 8.47. The first-order valence-electron chi connectivity index (χ1n) is 5.43. The zero-order chi connectivity index (χ0) is 11.7. The maximum absolute atomic E-state index is 5.77. The molecule has 0 unspecified atom stereocenters. The molecule has 0 bridgehead atoms. The molecular formula is C13H17N3. The Bertz CT molecular complexity index is 495. The van der Waals surface area contributed by atoms with Crippen molar-refractivity contribution in [1.82, 2.24) is 9.78 Å². The van der Waals surface area contributed by atoms with Crippen molar-refractivity contribution in [2.45, 2.75) is 20.4 Å². The monoisotopic (exact) mass is 215 g/mol. The van der Waals surface area contributed by atoms with E-state index in [1.165, 1.54) is 16.7 Å². The van der Waals surface area contributed by atoms with E-state index in [1.54, 1.807) is 0 Å². The van der Waals surface area contributed by atoms with Crippen LogP contribution < -0.4 is 5.73 Å². The molecule has 1 aromatic heterocycles. The zero-order valence-electron chi connectivity index (χ0n) is 9.99. The van der Waals surface area contributed by atoms with Gasteiger partial charge in [-0.05, 0) is 19.4 Å². The van der Waals surface area contributed by atoms with E-state index in [9.17, 15) is 0 Å². The van der Waals surface area contributed by atoms with Crippen LogP contribution in [0.3, 0.4) is 0 Å². The highest BCUT2D eigenvalue weighted by molar-refractivity contribution is 5.68. The molecule has 0 fully saturated rings. The SMILES string of the molecule is Cc1ccc(-c2c(C)nn(C)c2CN)cc1. The minimum Gasteiger partial charge on any atom is -0.325 e. The van der Waals surface area contributed by atoms with E-state index in [-0.39, 0.29) is 0 Å². The van der Waals surface area contributed by atoms with Crippen LogP contribution >= 0.6 is 0 Å². The van der Waals surface area contributed by atoms with Gasteiger partial charge in [-0.25, -0.2) is 0 Å². The van der Waals surface area contributed by atoms with Gasteiger partial charge in [0.2, 0.25) is 0 Å². The van der Waals surface area contributed by atoms with Gasteiger partial charge in [-0.15, -0.1) is 0 Å². The van der Waals surface area contributed by atoms with Crippen molar-refractivity contribution in [2.75, 3.05) is 0 Å². The largest absolute Gasteiger partial charge is 0.325 e. The van der Waals surface area contributed by atoms with Crippen LogP contribution in [0.15, 0.2) is 24.3 Å². The Morgan fingerprint density at radius 2 is 1.81 bits per heavy atom. The number of nitrogens with two attached hydrogens (primary N) is 1. The predicted octanol–water partition coefficient (Wildman–Crippen LogP) is 2.16. The molecule has 0 radical (unpaired) electrons. The average Bonchev–Trinajstić information content (AvgIpc) is 2.54. The van der Waals surface area contributed by atoms with E-state index < -0.39 is 0 Å². The number of hydrogen-bond donors (Lipinski definition) is 1. The van der Waals surface area contributed by atoms with E-state index in [1.807, 2.05) is 18.7 Å². The van der Waals surface area contributed by atoms with E-state index in [2.05, 4.69) is 36.3 Å². The lowest BCUT2D eigenvalue weighted by molar-refractivity contribution is 0.706. The van der Waals surface area contributed by atoms with Gasteiger partial charge in [0.15, 0.2) is 0 Å². The fourth-order valence-corrected chi connectivity index (χ4v) is 2.04. The molecule has 16 heavy (non-hydrogen) atoms. The second kappa shape index (κ2) is 4.10. The second-order valence-electron chi connectivity index (χ2n) is 4.10. The standard InChI is InChI=1S/C13H17N3/c1-9-4-6-11(7-5-9)13-10(2)15-16(3)12(13)8-14/h4-7H,8,14H2,1-3H3. The van der Waals surface area contributed by atoms with Gasteiger partial charge in [0.1, 0.15) is 0 Å². The number of rotatable bonds is 2. The molecule has 84 valence electrons. The van der Waals surface area contributed by atoms with E-state index in [4.69, 9.17) is 5.73 Å². The molecule has 2 N–H and O–H groups in total. The van der Waals surface area contributed by atoms with E-state index >= 15 is 0 Å². The van der Waals surface area contributed by atoms with Gasteiger partial charge in [-0.2, -0.15) is 5.10 Å². The molecule has 3 nitrogen and oxygen atoms in total. The van der Waals surface area contributed by atoms with Crippen molar-refractivity contribution < 1.29 is 0 Å². The van der Waals surface area contributed by atoms with Gasteiger partial charge in [0.25, 0.3) is 0 Å². The lowest BCUT2D eigenvalue weighted by Gasteiger charge is -2.04. The van der Waals surface area contributed by atoms with Gasteiger partial charge in [0.05, 0.1) is 11.4 Å². The van der Waals surface area contributed by atoms with Gasteiger partial charge in [0, 0.05) is 19.2 Å². The predicted molar refractivity (Wildman–Crippen MR) is 66.0 cm³/mol. The molecule has 0 amide bonds. The summed E-state index contributed by atoms with van der Waals surface area (Å²) >= 11 is 0. The van der Waals surface area contributed by atoms with Crippen LogP contribution in [0, 0.1) is 13.8 Å². The van der Waals surface area contributed by atoms with Crippen molar-refractivity contribution >= 4 is 0 Å². The summed E-state index contributed by atoms with van der Waals surface area (Å²) in [5.41, 5.74) is 11.5. The van der Waals surface area contributed by atoms with Gasteiger partial charge < -0.3 is 5.73 Å². The number of hydrogen-bond acceptors (Lipinski definition) is 2. The summed E-state index contributed by atoms with van der Waals surface area (Å²) in [5, 5.41) is 4.42. The van der Waals surface area contributed by atoms with Gasteiger partial charge in [-0.1, -0.05) is 29.8 Å². The Morgan fingerprint density at radius 3 is 2.38 bits per heavy atom. The molecule has 2 aromatic rings. The molecule has 0 saturated heterocycles. The quantitative estimate of drug-likeness (QED) is 0.834. The lowest BCUT2D eigenvalue weighted by atomic mass is 10.0. The normalized spacial score (nSPS) is 10.8. The summed E-state index contributed by atoms with van der Waals surface area (Å²) in [6.07, 6.45) is 0. The van der Waals surface area contributed by atoms with Crippen LogP contribution in [0.2, 0.25) is 0 Å². The van der Waals surface area contributed by atoms with Gasteiger partial charge >= 0.3 is 0 Å². The fourth-order valence-electron chi connectivity index (χ4n) is 2.04. The zero-order valence-corrected chi connectivity index (χ0v) is 9.99. The Kier molecular flexibility index (Phi) is 2.79. The third-order valence-electron chi connectivity index (χ3n) is 2.87. The Balaban J connectivity index is 2.59. The molecule has 1 aromatic carbocycles. The molecule has 0 aliphatic heterocycles. The number of aryl methyl sites for hydroxylation is 3. The molecule has 0 aliphatic rings. The van der Waals surface area contributed by atoms with Crippen LogP contribution in [-0.4, -0.2) is 9.78 Å². The lowest BCUT2D eigenvalue weighted by Crippen LogP contribution is -2.05. The third kappa shape index (κ3) is 1.74. The van der Waals surface area contributed by atoms with Crippen LogP contribution in [0.5, 0.6) is 0 Å². The highest BCUT2D eigenvalue weighted by Crippen LogP contribution is 2.26. The van der Waals surface area contributed by atoms with Crippen molar-refractivity contribution in [3.63, 3.8) is 0 Å². The first-order valence-corrected chi connectivity index (χ1v) is 5.43. The summed E-state index contributed by atoms with van der Waals surface area (Å²) in [4.78, 5) is 0. The molecular weight excluding hydrogens is 198 g/mol. The number of benzene rings is 1. The molecule has 1 heterocycles. The first kappa shape index (κ1) is 10.9. The summed E-state index contributed by atoms with van der Waals surface area (Å²) in [5.74, 6) is 0. The molecule has 0 atom stereocenters. The first-order chi connectivity index (χ1) is 7.63. The molecule has 0 spiro atoms. The van der Waals surface area contributed by atoms with E-state index in [0.717, 1.165) is 11.4 Å². The van der Waals surface area contributed by atoms with E-state index in [0.29, 0.717) is 6.54 Å². The number of nitrogens with zero attached hydrogens (tertiary/aromatic N) is 2.